The van der Waals surface area contributed by atoms with Crippen LogP contribution in [0, 0.1) is 0 Å². The Morgan fingerprint density at radius 3 is 1.26 bits per heavy atom. The predicted octanol–water partition coefficient (Wildman–Crippen LogP) is 1.26. The summed E-state index contributed by atoms with van der Waals surface area (Å²) in [5.41, 5.74) is 1.39. The fraction of sp³-hybridized carbons (Fsp3) is 0.538. The third kappa shape index (κ3) is 11.2. The van der Waals surface area contributed by atoms with Crippen LogP contribution in [0.1, 0.15) is 32.4 Å². The van der Waals surface area contributed by atoms with Gasteiger partial charge in [-0.15, -0.1) is 0 Å². The maximum Gasteiger partial charge on any atom is 0.354 e. The topological polar surface area (TPSA) is 144 Å². The SMILES string of the molecule is O=C(O)c1cccc(CN2CCOCCOCCN(Cc3cccc(C(=O)O)n3)CCOCCOCC2)n1. The number of carboxylic acid groups (broad SMARTS) is 2. The van der Waals surface area contributed by atoms with E-state index in [0.717, 1.165) is 0 Å². The molecule has 2 aromatic rings. The summed E-state index contributed by atoms with van der Waals surface area (Å²) < 4.78 is 23.0. The molecule has 0 spiro atoms. The van der Waals surface area contributed by atoms with E-state index >= 15 is 0 Å². The molecular weight excluding hydrogens is 496 g/mol. The lowest BCUT2D eigenvalue weighted by Crippen LogP contribution is -2.33. The van der Waals surface area contributed by atoms with E-state index in [4.69, 9.17) is 18.9 Å². The van der Waals surface area contributed by atoms with Crippen molar-refractivity contribution in [2.75, 3.05) is 79.0 Å². The van der Waals surface area contributed by atoms with Gasteiger partial charge in [-0.05, 0) is 24.3 Å². The van der Waals surface area contributed by atoms with Gasteiger partial charge in [0.25, 0.3) is 0 Å². The van der Waals surface area contributed by atoms with Crippen LogP contribution in [0.25, 0.3) is 0 Å². The molecule has 1 fully saturated rings. The van der Waals surface area contributed by atoms with Gasteiger partial charge in [-0.1, -0.05) is 12.1 Å². The Morgan fingerprint density at radius 1 is 0.605 bits per heavy atom. The molecule has 0 saturated carbocycles. The number of nitrogens with zero attached hydrogens (tertiary/aromatic N) is 4. The van der Waals surface area contributed by atoms with Crippen LogP contribution in [-0.2, 0) is 32.0 Å². The molecule has 2 aromatic heterocycles. The second-order valence-electron chi connectivity index (χ2n) is 8.64. The second-order valence-corrected chi connectivity index (χ2v) is 8.64. The maximum atomic E-state index is 11.2. The summed E-state index contributed by atoms with van der Waals surface area (Å²) in [6.07, 6.45) is 0. The molecule has 0 atom stereocenters. The number of rotatable bonds is 6. The zero-order valence-electron chi connectivity index (χ0n) is 21.5. The van der Waals surface area contributed by atoms with Crippen LogP contribution < -0.4 is 0 Å². The molecule has 2 N–H and O–H groups in total. The fourth-order valence-electron chi connectivity index (χ4n) is 3.79. The predicted molar refractivity (Wildman–Crippen MR) is 136 cm³/mol. The van der Waals surface area contributed by atoms with Gasteiger partial charge in [0.15, 0.2) is 0 Å². The summed E-state index contributed by atoms with van der Waals surface area (Å²) >= 11 is 0. The number of pyridine rings is 2. The Bertz CT molecular complexity index is 909. The number of ether oxygens (including phenoxy) is 4. The van der Waals surface area contributed by atoms with Crippen molar-refractivity contribution in [3.05, 3.63) is 59.2 Å². The minimum atomic E-state index is -1.05. The van der Waals surface area contributed by atoms with Crippen molar-refractivity contribution in [1.29, 1.82) is 0 Å². The maximum absolute atomic E-state index is 11.2. The Hall–Kier alpha value is -3.00. The van der Waals surface area contributed by atoms with Gasteiger partial charge in [0.2, 0.25) is 0 Å². The summed E-state index contributed by atoms with van der Waals surface area (Å²) in [6.45, 7) is 7.25. The van der Waals surface area contributed by atoms with Crippen LogP contribution in [0.3, 0.4) is 0 Å². The van der Waals surface area contributed by atoms with Gasteiger partial charge in [0, 0.05) is 39.3 Å². The van der Waals surface area contributed by atoms with Crippen LogP contribution in [-0.4, -0.2) is 121 Å². The van der Waals surface area contributed by atoms with E-state index in [2.05, 4.69) is 19.8 Å². The highest BCUT2D eigenvalue weighted by Crippen LogP contribution is 2.06. The molecule has 1 aliphatic rings. The molecule has 3 heterocycles. The van der Waals surface area contributed by atoms with Gasteiger partial charge in [0.05, 0.1) is 64.2 Å². The van der Waals surface area contributed by atoms with Crippen molar-refractivity contribution < 1.29 is 38.7 Å². The number of aromatic carboxylic acids is 2. The molecule has 0 aliphatic carbocycles. The van der Waals surface area contributed by atoms with Gasteiger partial charge in [0.1, 0.15) is 11.4 Å². The number of carboxylic acids is 2. The van der Waals surface area contributed by atoms with Gasteiger partial charge in [-0.2, -0.15) is 0 Å². The number of carbonyl (C=O) groups is 2. The molecule has 1 saturated heterocycles. The molecule has 208 valence electrons. The Kier molecular flexibility index (Phi) is 13.0. The monoisotopic (exact) mass is 532 g/mol. The third-order valence-electron chi connectivity index (χ3n) is 5.77. The lowest BCUT2D eigenvalue weighted by atomic mass is 10.3. The van der Waals surface area contributed by atoms with Gasteiger partial charge >= 0.3 is 11.9 Å². The van der Waals surface area contributed by atoms with E-state index in [9.17, 15) is 19.8 Å². The highest BCUT2D eigenvalue weighted by Gasteiger charge is 2.12. The van der Waals surface area contributed by atoms with E-state index in [1.165, 1.54) is 12.1 Å². The molecular formula is C26H36N4O8. The number of hydrogen-bond acceptors (Lipinski definition) is 10. The first-order valence-electron chi connectivity index (χ1n) is 12.7. The molecule has 0 unspecified atom stereocenters. The minimum Gasteiger partial charge on any atom is -0.477 e. The molecule has 12 heteroatoms. The van der Waals surface area contributed by atoms with Crippen LogP contribution in [0.15, 0.2) is 36.4 Å². The summed E-state index contributed by atoms with van der Waals surface area (Å²) in [6, 6.07) is 9.96. The highest BCUT2D eigenvalue weighted by molar-refractivity contribution is 5.85. The fourth-order valence-corrected chi connectivity index (χ4v) is 3.79. The van der Waals surface area contributed by atoms with E-state index in [0.29, 0.717) is 104 Å². The first kappa shape index (κ1) is 29.6. The van der Waals surface area contributed by atoms with E-state index < -0.39 is 11.9 Å². The van der Waals surface area contributed by atoms with Crippen LogP contribution >= 0.6 is 0 Å². The third-order valence-corrected chi connectivity index (χ3v) is 5.77. The van der Waals surface area contributed by atoms with Crippen molar-refractivity contribution in [2.24, 2.45) is 0 Å². The second kappa shape index (κ2) is 16.8. The molecule has 12 nitrogen and oxygen atoms in total. The van der Waals surface area contributed by atoms with Crippen LogP contribution in [0.4, 0.5) is 0 Å². The van der Waals surface area contributed by atoms with Crippen molar-refractivity contribution in [3.63, 3.8) is 0 Å². The molecule has 3 rings (SSSR count). The Balaban J connectivity index is 1.48. The number of aromatic nitrogens is 2. The first-order valence-corrected chi connectivity index (χ1v) is 12.7. The van der Waals surface area contributed by atoms with Crippen molar-refractivity contribution in [2.45, 2.75) is 13.1 Å². The molecule has 0 aromatic carbocycles. The van der Waals surface area contributed by atoms with Crippen molar-refractivity contribution >= 4 is 11.9 Å². The lowest BCUT2D eigenvalue weighted by molar-refractivity contribution is 0.00597. The average Bonchev–Trinajstić information content (AvgIpc) is 2.91. The van der Waals surface area contributed by atoms with Gasteiger partial charge in [-0.25, -0.2) is 19.6 Å². The van der Waals surface area contributed by atoms with Crippen molar-refractivity contribution in [3.8, 4) is 0 Å². The smallest absolute Gasteiger partial charge is 0.354 e. The summed E-state index contributed by atoms with van der Waals surface area (Å²) in [5.74, 6) is -2.10. The zero-order valence-corrected chi connectivity index (χ0v) is 21.5. The molecule has 0 amide bonds. The standard InChI is InChI=1S/C26H36N4O8/c31-25(32)23-5-1-3-21(27-23)19-29-7-11-35-15-17-37-13-9-30(10-14-38-18-16-36-12-8-29)20-22-4-2-6-24(28-22)26(33)34/h1-6H,7-20H2,(H,31,32)(H,33,34). The lowest BCUT2D eigenvalue weighted by Gasteiger charge is -2.23. The quantitative estimate of drug-likeness (QED) is 0.553. The molecule has 1 aliphatic heterocycles. The van der Waals surface area contributed by atoms with Crippen LogP contribution in [0.2, 0.25) is 0 Å². The van der Waals surface area contributed by atoms with Crippen LogP contribution in [0.5, 0.6) is 0 Å². The Morgan fingerprint density at radius 2 is 0.947 bits per heavy atom. The summed E-state index contributed by atoms with van der Waals surface area (Å²) in [4.78, 5) is 35.1. The normalized spacial score (nSPS) is 18.3. The summed E-state index contributed by atoms with van der Waals surface area (Å²) in [5, 5.41) is 18.4. The molecule has 0 radical (unpaired) electrons. The van der Waals surface area contributed by atoms with E-state index in [1.54, 1.807) is 12.1 Å². The zero-order chi connectivity index (χ0) is 27.0. The number of hydrogen-bond donors (Lipinski definition) is 2. The highest BCUT2D eigenvalue weighted by atomic mass is 16.5. The van der Waals surface area contributed by atoms with Crippen molar-refractivity contribution in [1.82, 2.24) is 19.8 Å². The Labute approximate surface area is 222 Å². The average molecular weight is 533 g/mol. The molecule has 38 heavy (non-hydrogen) atoms. The van der Waals surface area contributed by atoms with E-state index in [-0.39, 0.29) is 11.4 Å². The van der Waals surface area contributed by atoms with Gasteiger partial charge < -0.3 is 29.2 Å². The molecule has 0 bridgehead atoms. The van der Waals surface area contributed by atoms with E-state index in [1.807, 2.05) is 12.1 Å². The largest absolute Gasteiger partial charge is 0.477 e. The minimum absolute atomic E-state index is 0.0225. The summed E-state index contributed by atoms with van der Waals surface area (Å²) in [7, 11) is 0. The first-order chi connectivity index (χ1) is 18.5. The van der Waals surface area contributed by atoms with Gasteiger partial charge in [-0.3, -0.25) is 9.80 Å².